The van der Waals surface area contributed by atoms with Crippen molar-refractivity contribution in [2.45, 2.75) is 12.4 Å². The van der Waals surface area contributed by atoms with Crippen molar-refractivity contribution in [1.82, 2.24) is 10.2 Å². The molecule has 0 spiro atoms. The van der Waals surface area contributed by atoms with Gasteiger partial charge in [0.25, 0.3) is 0 Å². The van der Waals surface area contributed by atoms with Crippen molar-refractivity contribution in [3.63, 3.8) is 0 Å². The van der Waals surface area contributed by atoms with Gasteiger partial charge in [0.05, 0.1) is 25.8 Å². The Morgan fingerprint density at radius 2 is 1.69 bits per heavy atom. The maximum atomic E-state index is 12.8. The summed E-state index contributed by atoms with van der Waals surface area (Å²) in [6, 6.07) is 2.72. The minimum Gasteiger partial charge on any atom is -0.276 e. The van der Waals surface area contributed by atoms with Gasteiger partial charge in [-0.15, -0.1) is 0 Å². The highest BCUT2D eigenvalue weighted by Crippen LogP contribution is 2.42. The van der Waals surface area contributed by atoms with E-state index in [-0.39, 0.29) is 16.8 Å². The number of hydrogen-bond donors (Lipinski definition) is 1. The van der Waals surface area contributed by atoms with E-state index in [2.05, 4.69) is 26.1 Å². The third-order valence-corrected chi connectivity index (χ3v) is 4.35. The van der Waals surface area contributed by atoms with E-state index >= 15 is 0 Å². The van der Waals surface area contributed by atoms with Crippen molar-refractivity contribution in [3.8, 4) is 17.3 Å². The van der Waals surface area contributed by atoms with Gasteiger partial charge in [-0.25, -0.2) is 0 Å². The van der Waals surface area contributed by atoms with Crippen molar-refractivity contribution in [3.05, 3.63) is 43.5 Å². The second-order valence-corrected chi connectivity index (χ2v) is 6.44. The maximum Gasteiger partial charge on any atom is 0.422 e. The monoisotopic (exact) mass is 477 g/mol. The molecule has 1 aromatic carbocycles. The highest BCUT2D eigenvalue weighted by molar-refractivity contribution is 9.11. The number of allylic oxidation sites excluding steroid dienone is 1. The molecule has 12 heteroatoms. The fourth-order valence-corrected chi connectivity index (χ4v) is 2.86. The molecule has 0 unspecified atom stereocenters. The Morgan fingerprint density at radius 1 is 1.15 bits per heavy atom. The molecule has 138 valence electrons. The average Bonchev–Trinajstić information content (AvgIpc) is 2.87. The number of hydrogen-bond acceptors (Lipinski definition) is 2. The molecule has 0 bridgehead atoms. The van der Waals surface area contributed by atoms with Crippen molar-refractivity contribution in [1.29, 1.82) is 5.26 Å². The molecule has 0 atom stereocenters. The van der Waals surface area contributed by atoms with Crippen LogP contribution in [0.15, 0.2) is 16.6 Å². The van der Waals surface area contributed by atoms with Gasteiger partial charge in [0.2, 0.25) is 0 Å². The lowest BCUT2D eigenvalue weighted by atomic mass is 10.0. The van der Waals surface area contributed by atoms with Gasteiger partial charge in [-0.05, 0) is 34.1 Å². The van der Waals surface area contributed by atoms with Crippen LogP contribution in [-0.4, -0.2) is 16.4 Å². The molecule has 0 aliphatic rings. The van der Waals surface area contributed by atoms with E-state index in [0.29, 0.717) is 18.2 Å². The quantitative estimate of drug-likeness (QED) is 0.496. The number of aromatic nitrogens is 2. The third-order valence-electron chi connectivity index (χ3n) is 3.07. The zero-order valence-electron chi connectivity index (χ0n) is 12.0. The normalized spacial score (nSPS) is 13.0. The summed E-state index contributed by atoms with van der Waals surface area (Å²) < 4.78 is 75.4. The number of alkyl halides is 6. The fourth-order valence-electron chi connectivity index (χ4n) is 1.95. The van der Waals surface area contributed by atoms with Gasteiger partial charge in [-0.1, -0.05) is 23.2 Å². The molecule has 2 rings (SSSR count). The van der Waals surface area contributed by atoms with Crippen molar-refractivity contribution < 1.29 is 26.3 Å². The minimum absolute atomic E-state index is 0.218. The van der Waals surface area contributed by atoms with Crippen LogP contribution in [-0.2, 0) is 6.18 Å². The van der Waals surface area contributed by atoms with Crippen LogP contribution in [0.2, 0.25) is 10.0 Å². The zero-order chi connectivity index (χ0) is 19.9. The van der Waals surface area contributed by atoms with E-state index in [0.717, 1.165) is 0 Å². The second-order valence-electron chi connectivity index (χ2n) is 4.78. The Hall–Kier alpha value is -1.70. The molecule has 0 aliphatic carbocycles. The molecular formula is C14H4BrCl2F6N3. The van der Waals surface area contributed by atoms with Crippen LogP contribution in [0.25, 0.3) is 17.3 Å². The Labute approximate surface area is 160 Å². The molecule has 1 N–H and O–H groups in total. The van der Waals surface area contributed by atoms with Gasteiger partial charge in [0, 0.05) is 11.1 Å². The van der Waals surface area contributed by atoms with Crippen molar-refractivity contribution >= 4 is 45.2 Å². The summed E-state index contributed by atoms with van der Waals surface area (Å²) >= 11 is 14.0. The summed E-state index contributed by atoms with van der Waals surface area (Å²) in [4.78, 5) is 0. The molecule has 1 aromatic heterocycles. The van der Waals surface area contributed by atoms with Crippen LogP contribution in [0, 0.1) is 11.3 Å². The van der Waals surface area contributed by atoms with Gasteiger partial charge in [-0.2, -0.15) is 36.7 Å². The molecule has 0 fully saturated rings. The van der Waals surface area contributed by atoms with Gasteiger partial charge in [0.15, 0.2) is 5.69 Å². The number of H-pyrrole nitrogens is 1. The molecule has 3 nitrogen and oxygen atoms in total. The SMILES string of the molecule is N#Cc1n[nH]c(-c2c(Cl)cc(C(F)(F)F)cc2Cl)c1C=C(Br)C(F)(F)F. The van der Waals surface area contributed by atoms with Gasteiger partial charge in [-0.3, -0.25) is 5.10 Å². The Morgan fingerprint density at radius 3 is 2.12 bits per heavy atom. The van der Waals surface area contributed by atoms with Gasteiger partial charge >= 0.3 is 12.4 Å². The number of benzene rings is 1. The number of aromatic amines is 1. The molecule has 1 heterocycles. The number of halogens is 9. The zero-order valence-corrected chi connectivity index (χ0v) is 15.1. The summed E-state index contributed by atoms with van der Waals surface area (Å²) in [5, 5.41) is 13.9. The second kappa shape index (κ2) is 7.13. The van der Waals surface area contributed by atoms with Gasteiger partial charge in [0.1, 0.15) is 6.07 Å². The first-order chi connectivity index (χ1) is 11.9. The molecule has 0 saturated heterocycles. The fraction of sp³-hybridized carbons (Fsp3) is 0.143. The number of nitrogens with one attached hydrogen (secondary N) is 1. The van der Waals surface area contributed by atoms with Crippen molar-refractivity contribution in [2.24, 2.45) is 0 Å². The lowest BCUT2D eigenvalue weighted by Crippen LogP contribution is -2.06. The van der Waals surface area contributed by atoms with Crippen LogP contribution in [0.4, 0.5) is 26.3 Å². The van der Waals surface area contributed by atoms with Crippen LogP contribution < -0.4 is 0 Å². The molecule has 2 aromatic rings. The van der Waals surface area contributed by atoms with Gasteiger partial charge < -0.3 is 0 Å². The van der Waals surface area contributed by atoms with Crippen LogP contribution in [0.1, 0.15) is 16.8 Å². The van der Waals surface area contributed by atoms with E-state index in [4.69, 9.17) is 28.5 Å². The molecule has 0 amide bonds. The average molecular weight is 479 g/mol. The van der Waals surface area contributed by atoms with Crippen LogP contribution in [0.3, 0.4) is 0 Å². The summed E-state index contributed by atoms with van der Waals surface area (Å²) in [5.74, 6) is 0. The predicted molar refractivity (Wildman–Crippen MR) is 86.7 cm³/mol. The maximum absolute atomic E-state index is 12.8. The largest absolute Gasteiger partial charge is 0.422 e. The Bertz CT molecular complexity index is 901. The predicted octanol–water partition coefficient (Wildman–Crippen LogP) is 6.57. The Kier molecular flexibility index (Phi) is 5.66. The minimum atomic E-state index is -4.75. The van der Waals surface area contributed by atoms with E-state index in [9.17, 15) is 26.3 Å². The third kappa shape index (κ3) is 4.16. The lowest BCUT2D eigenvalue weighted by molar-refractivity contribution is -0.137. The summed E-state index contributed by atoms with van der Waals surface area (Å²) in [7, 11) is 0. The standard InChI is InChI=1S/C14H4BrCl2F6N3/c15-10(14(21,22)23)3-6-9(4-24)25-26-12(6)11-7(16)1-5(2-8(11)17)13(18,19)20/h1-3H,(H,25,26). The molecular weight excluding hydrogens is 475 g/mol. The number of nitriles is 1. The lowest BCUT2D eigenvalue weighted by Gasteiger charge is -2.12. The number of rotatable bonds is 2. The molecule has 0 radical (unpaired) electrons. The summed E-state index contributed by atoms with van der Waals surface area (Å²) in [6.45, 7) is 0. The number of nitrogens with zero attached hydrogens (tertiary/aromatic N) is 2. The smallest absolute Gasteiger partial charge is 0.276 e. The highest BCUT2D eigenvalue weighted by Gasteiger charge is 2.34. The van der Waals surface area contributed by atoms with E-state index in [1.54, 1.807) is 6.07 Å². The van der Waals surface area contributed by atoms with E-state index in [1.807, 2.05) is 0 Å². The van der Waals surface area contributed by atoms with Crippen molar-refractivity contribution in [2.75, 3.05) is 0 Å². The molecule has 26 heavy (non-hydrogen) atoms. The van der Waals surface area contributed by atoms with E-state index in [1.165, 1.54) is 0 Å². The van der Waals surface area contributed by atoms with Crippen LogP contribution >= 0.6 is 39.1 Å². The summed E-state index contributed by atoms with van der Waals surface area (Å²) in [5.41, 5.74) is -2.34. The first-order valence-electron chi connectivity index (χ1n) is 6.35. The van der Waals surface area contributed by atoms with E-state index < -0.39 is 38.1 Å². The topological polar surface area (TPSA) is 52.5 Å². The Balaban J connectivity index is 2.72. The van der Waals surface area contributed by atoms with Crippen LogP contribution in [0.5, 0.6) is 0 Å². The first kappa shape index (κ1) is 20.6. The summed E-state index contributed by atoms with van der Waals surface area (Å²) in [6.07, 6.45) is -8.92. The molecule has 0 saturated carbocycles. The highest BCUT2D eigenvalue weighted by atomic mass is 79.9. The first-order valence-corrected chi connectivity index (χ1v) is 7.90. The molecule has 0 aliphatic heterocycles.